The molecule has 0 spiro atoms. The average Bonchev–Trinajstić information content (AvgIpc) is 2.32. The number of halogens is 3. The second-order valence-corrected chi connectivity index (χ2v) is 4.61. The van der Waals surface area contributed by atoms with Gasteiger partial charge in [0.05, 0.1) is 10.0 Å². The van der Waals surface area contributed by atoms with Crippen LogP contribution in [-0.4, -0.2) is 0 Å². The van der Waals surface area contributed by atoms with E-state index in [1.807, 2.05) is 13.0 Å². The zero-order chi connectivity index (χ0) is 12.4. The quantitative estimate of drug-likeness (QED) is 0.688. The third-order valence-corrected chi connectivity index (χ3v) is 3.41. The Morgan fingerprint density at radius 1 is 1.00 bits per heavy atom. The summed E-state index contributed by atoms with van der Waals surface area (Å²) in [6, 6.07) is 10.4. The van der Waals surface area contributed by atoms with E-state index < -0.39 is 0 Å². The summed E-state index contributed by atoms with van der Waals surface area (Å²) in [4.78, 5) is 0. The van der Waals surface area contributed by atoms with Gasteiger partial charge in [0.15, 0.2) is 0 Å². The highest BCUT2D eigenvalue weighted by Gasteiger charge is 2.07. The van der Waals surface area contributed by atoms with Crippen LogP contribution in [0, 0.1) is 5.82 Å². The summed E-state index contributed by atoms with van der Waals surface area (Å²) in [6.07, 6.45) is 0.818. The SMILES string of the molecule is CCc1ccc(-c2ccc(Cl)c(Cl)c2)c(F)c1. The topological polar surface area (TPSA) is 0 Å². The number of rotatable bonds is 2. The van der Waals surface area contributed by atoms with Crippen molar-refractivity contribution in [3.63, 3.8) is 0 Å². The zero-order valence-electron chi connectivity index (χ0n) is 9.31. The Bertz CT molecular complexity index is 550. The van der Waals surface area contributed by atoms with Crippen molar-refractivity contribution in [1.29, 1.82) is 0 Å². The van der Waals surface area contributed by atoms with Crippen LogP contribution in [0.3, 0.4) is 0 Å². The Kier molecular flexibility index (Phi) is 3.70. The number of benzene rings is 2. The molecule has 0 N–H and O–H groups in total. The van der Waals surface area contributed by atoms with E-state index in [1.165, 1.54) is 0 Å². The minimum Gasteiger partial charge on any atom is -0.206 e. The van der Waals surface area contributed by atoms with Gasteiger partial charge in [0.25, 0.3) is 0 Å². The monoisotopic (exact) mass is 268 g/mol. The molecule has 2 rings (SSSR count). The fraction of sp³-hybridized carbons (Fsp3) is 0.143. The van der Waals surface area contributed by atoms with Crippen LogP contribution < -0.4 is 0 Å². The third-order valence-electron chi connectivity index (χ3n) is 2.67. The molecule has 88 valence electrons. The molecule has 0 radical (unpaired) electrons. The van der Waals surface area contributed by atoms with Crippen LogP contribution in [0.2, 0.25) is 10.0 Å². The Morgan fingerprint density at radius 3 is 2.35 bits per heavy atom. The van der Waals surface area contributed by atoms with Crippen molar-refractivity contribution in [3.05, 3.63) is 57.8 Å². The molecular weight excluding hydrogens is 258 g/mol. The summed E-state index contributed by atoms with van der Waals surface area (Å²) in [7, 11) is 0. The minimum atomic E-state index is -0.234. The zero-order valence-corrected chi connectivity index (χ0v) is 10.8. The van der Waals surface area contributed by atoms with Crippen LogP contribution >= 0.6 is 23.2 Å². The minimum absolute atomic E-state index is 0.234. The summed E-state index contributed by atoms with van der Waals surface area (Å²) >= 11 is 11.8. The molecule has 0 atom stereocenters. The molecule has 0 saturated carbocycles. The highest BCUT2D eigenvalue weighted by molar-refractivity contribution is 6.42. The molecule has 0 saturated heterocycles. The standard InChI is InChI=1S/C14H11Cl2F/c1-2-9-3-5-11(14(17)7-9)10-4-6-12(15)13(16)8-10/h3-8H,2H2,1H3. The maximum absolute atomic E-state index is 13.9. The van der Waals surface area contributed by atoms with Crippen LogP contribution in [0.1, 0.15) is 12.5 Å². The maximum Gasteiger partial charge on any atom is 0.131 e. The third kappa shape index (κ3) is 2.62. The van der Waals surface area contributed by atoms with Crippen molar-refractivity contribution in [2.45, 2.75) is 13.3 Å². The molecule has 0 bridgehead atoms. The normalized spacial score (nSPS) is 10.6. The number of aryl methyl sites for hydroxylation is 1. The summed E-state index contributed by atoms with van der Waals surface area (Å²) in [5.74, 6) is -0.234. The highest BCUT2D eigenvalue weighted by Crippen LogP contribution is 2.30. The first-order chi connectivity index (χ1) is 8.11. The summed E-state index contributed by atoms with van der Waals surface area (Å²) in [6.45, 7) is 1.99. The first-order valence-electron chi connectivity index (χ1n) is 5.35. The van der Waals surface area contributed by atoms with Crippen LogP contribution in [0.4, 0.5) is 4.39 Å². The van der Waals surface area contributed by atoms with Crippen LogP contribution in [0.15, 0.2) is 36.4 Å². The summed E-state index contributed by atoms with van der Waals surface area (Å²) in [5.41, 5.74) is 2.26. The van der Waals surface area contributed by atoms with Gasteiger partial charge in [-0.2, -0.15) is 0 Å². The predicted octanol–water partition coefficient (Wildman–Crippen LogP) is 5.36. The first-order valence-corrected chi connectivity index (χ1v) is 6.11. The van der Waals surface area contributed by atoms with E-state index in [-0.39, 0.29) is 5.82 Å². The van der Waals surface area contributed by atoms with Crippen molar-refractivity contribution < 1.29 is 4.39 Å². The summed E-state index contributed by atoms with van der Waals surface area (Å²) in [5, 5.41) is 0.907. The molecule has 0 fully saturated rings. The van der Waals surface area contributed by atoms with E-state index in [0.29, 0.717) is 15.6 Å². The largest absolute Gasteiger partial charge is 0.206 e. The van der Waals surface area contributed by atoms with Crippen molar-refractivity contribution in [2.75, 3.05) is 0 Å². The molecular formula is C14H11Cl2F. The molecule has 3 heteroatoms. The molecule has 17 heavy (non-hydrogen) atoms. The van der Waals surface area contributed by atoms with Gasteiger partial charge in [-0.05, 0) is 35.7 Å². The lowest BCUT2D eigenvalue weighted by atomic mass is 10.0. The predicted molar refractivity (Wildman–Crippen MR) is 71.2 cm³/mol. The molecule has 0 nitrogen and oxygen atoms in total. The van der Waals surface area contributed by atoms with Gasteiger partial charge in [-0.15, -0.1) is 0 Å². The van der Waals surface area contributed by atoms with Gasteiger partial charge in [0.1, 0.15) is 5.82 Å². The Morgan fingerprint density at radius 2 is 1.76 bits per heavy atom. The molecule has 0 aliphatic rings. The number of hydrogen-bond acceptors (Lipinski definition) is 0. The second-order valence-electron chi connectivity index (χ2n) is 3.80. The van der Waals surface area contributed by atoms with Crippen molar-refractivity contribution in [3.8, 4) is 11.1 Å². The Balaban J connectivity index is 2.49. The van der Waals surface area contributed by atoms with E-state index in [9.17, 15) is 4.39 Å². The first kappa shape index (κ1) is 12.4. The van der Waals surface area contributed by atoms with Gasteiger partial charge in [0.2, 0.25) is 0 Å². The lowest BCUT2D eigenvalue weighted by molar-refractivity contribution is 0.629. The molecule has 0 amide bonds. The lowest BCUT2D eigenvalue weighted by Crippen LogP contribution is -1.88. The van der Waals surface area contributed by atoms with E-state index in [0.717, 1.165) is 17.5 Å². The van der Waals surface area contributed by atoms with E-state index in [2.05, 4.69) is 0 Å². The van der Waals surface area contributed by atoms with Gasteiger partial charge in [0, 0.05) is 5.56 Å². The average molecular weight is 269 g/mol. The Hall–Kier alpha value is -1.05. The Labute approximate surface area is 110 Å². The lowest BCUT2D eigenvalue weighted by Gasteiger charge is -2.06. The van der Waals surface area contributed by atoms with Gasteiger partial charge in [-0.1, -0.05) is 48.3 Å². The van der Waals surface area contributed by atoms with E-state index in [4.69, 9.17) is 23.2 Å². The van der Waals surface area contributed by atoms with Crippen molar-refractivity contribution in [2.24, 2.45) is 0 Å². The van der Waals surface area contributed by atoms with Crippen LogP contribution in [-0.2, 0) is 6.42 Å². The van der Waals surface area contributed by atoms with Gasteiger partial charge < -0.3 is 0 Å². The van der Waals surface area contributed by atoms with Gasteiger partial charge >= 0.3 is 0 Å². The fourth-order valence-corrected chi connectivity index (χ4v) is 1.97. The van der Waals surface area contributed by atoms with Crippen molar-refractivity contribution >= 4 is 23.2 Å². The molecule has 0 heterocycles. The van der Waals surface area contributed by atoms with Crippen molar-refractivity contribution in [1.82, 2.24) is 0 Å². The van der Waals surface area contributed by atoms with E-state index in [1.54, 1.807) is 30.3 Å². The maximum atomic E-state index is 13.9. The molecule has 0 aliphatic heterocycles. The molecule has 2 aromatic rings. The molecule has 0 aliphatic carbocycles. The van der Waals surface area contributed by atoms with E-state index >= 15 is 0 Å². The fourth-order valence-electron chi connectivity index (χ4n) is 1.68. The molecule has 0 unspecified atom stereocenters. The molecule has 0 aromatic heterocycles. The van der Waals surface area contributed by atoms with Crippen LogP contribution in [0.25, 0.3) is 11.1 Å². The second kappa shape index (κ2) is 5.07. The summed E-state index contributed by atoms with van der Waals surface area (Å²) < 4.78 is 13.9. The molecule has 2 aromatic carbocycles. The van der Waals surface area contributed by atoms with Gasteiger partial charge in [-0.3, -0.25) is 0 Å². The smallest absolute Gasteiger partial charge is 0.131 e. The highest BCUT2D eigenvalue weighted by atomic mass is 35.5. The van der Waals surface area contributed by atoms with Gasteiger partial charge in [-0.25, -0.2) is 4.39 Å². The van der Waals surface area contributed by atoms with Crippen LogP contribution in [0.5, 0.6) is 0 Å². The number of hydrogen-bond donors (Lipinski definition) is 0.